The molecule has 1 aromatic rings. The topological polar surface area (TPSA) is 190 Å². The van der Waals surface area contributed by atoms with E-state index >= 15 is 0 Å². The molecule has 4 amide bonds. The van der Waals surface area contributed by atoms with Crippen molar-refractivity contribution in [3.63, 3.8) is 0 Å². The Balaban J connectivity index is 2.53. The fourth-order valence-corrected chi connectivity index (χ4v) is 3.19. The second-order valence-electron chi connectivity index (χ2n) is 6.00. The molecule has 12 heteroatoms. The maximum absolute atomic E-state index is 12.2. The molecular formula is C16H12N2O10. The summed E-state index contributed by atoms with van der Waals surface area (Å²) in [4.78, 5) is 72.9. The van der Waals surface area contributed by atoms with Gasteiger partial charge < -0.3 is 20.4 Å². The number of hydrogen-bond donors (Lipinski definition) is 4. The molecule has 28 heavy (non-hydrogen) atoms. The van der Waals surface area contributed by atoms with E-state index in [-0.39, 0.29) is 25.7 Å². The zero-order valence-electron chi connectivity index (χ0n) is 14.0. The van der Waals surface area contributed by atoms with Crippen LogP contribution >= 0.6 is 0 Å². The number of benzene rings is 1. The lowest BCUT2D eigenvalue weighted by atomic mass is 10.00. The van der Waals surface area contributed by atoms with Crippen molar-refractivity contribution < 1.29 is 49.2 Å². The number of phenols is 2. The Morgan fingerprint density at radius 1 is 0.607 bits per heavy atom. The first-order valence-corrected chi connectivity index (χ1v) is 7.88. The third kappa shape index (κ3) is 2.53. The van der Waals surface area contributed by atoms with Gasteiger partial charge in [-0.05, 0) is 0 Å². The molecule has 12 nitrogen and oxygen atoms in total. The Morgan fingerprint density at radius 2 is 0.857 bits per heavy atom. The molecule has 0 aliphatic carbocycles. The van der Waals surface area contributed by atoms with Crippen LogP contribution in [0.25, 0.3) is 0 Å². The molecule has 146 valence electrons. The van der Waals surface area contributed by atoms with Crippen molar-refractivity contribution in [1.29, 1.82) is 0 Å². The lowest BCUT2D eigenvalue weighted by molar-refractivity contribution is -0.123. The number of aromatic hydroxyl groups is 2. The predicted octanol–water partition coefficient (Wildman–Crippen LogP) is -0.199. The summed E-state index contributed by atoms with van der Waals surface area (Å²) in [6.07, 6.45) is -1.32. The quantitative estimate of drug-likeness (QED) is 0.394. The van der Waals surface area contributed by atoms with Crippen LogP contribution in [-0.2, 0) is 19.2 Å². The standard InChI is InChI=1S/C16H12N2O10/c19-5-1-2-6(20)17(5)11-9(15(25)26)13(23)14(24)10(16(27)28)12(11)18-7(21)3-4-8(18)22/h23-24H,1-4H2,(H,25,26)(H,27,28). The number of nitrogens with zero attached hydrogens (tertiary/aromatic N) is 2. The number of carbonyl (C=O) groups is 6. The maximum atomic E-state index is 12.2. The molecule has 0 bridgehead atoms. The molecule has 2 fully saturated rings. The Bertz CT molecular complexity index is 885. The molecule has 2 heterocycles. The zero-order valence-corrected chi connectivity index (χ0v) is 14.0. The number of anilines is 2. The highest BCUT2D eigenvalue weighted by molar-refractivity contribution is 6.30. The highest BCUT2D eigenvalue weighted by Crippen LogP contribution is 2.50. The van der Waals surface area contributed by atoms with Crippen molar-refractivity contribution in [2.24, 2.45) is 0 Å². The van der Waals surface area contributed by atoms with Crippen LogP contribution in [0.4, 0.5) is 11.4 Å². The smallest absolute Gasteiger partial charge is 0.341 e. The molecule has 3 rings (SSSR count). The van der Waals surface area contributed by atoms with Crippen LogP contribution in [0.1, 0.15) is 46.4 Å². The van der Waals surface area contributed by atoms with Gasteiger partial charge in [0.05, 0.1) is 11.4 Å². The Kier molecular flexibility index (Phi) is 4.26. The van der Waals surface area contributed by atoms with E-state index in [1.807, 2.05) is 0 Å². The van der Waals surface area contributed by atoms with Gasteiger partial charge >= 0.3 is 11.9 Å². The first-order valence-electron chi connectivity index (χ1n) is 7.88. The summed E-state index contributed by atoms with van der Waals surface area (Å²) in [5, 5.41) is 39.1. The third-order valence-electron chi connectivity index (χ3n) is 4.37. The summed E-state index contributed by atoms with van der Waals surface area (Å²) in [6, 6.07) is 0. The zero-order chi connectivity index (χ0) is 20.9. The Labute approximate surface area is 155 Å². The molecule has 0 atom stereocenters. The van der Waals surface area contributed by atoms with Crippen LogP contribution < -0.4 is 9.80 Å². The first-order chi connectivity index (χ1) is 13.1. The highest BCUT2D eigenvalue weighted by Gasteiger charge is 2.45. The minimum absolute atomic E-state index is 0.309. The van der Waals surface area contributed by atoms with E-state index in [4.69, 9.17) is 0 Å². The van der Waals surface area contributed by atoms with Crippen molar-refractivity contribution in [3.05, 3.63) is 11.1 Å². The molecule has 4 N–H and O–H groups in total. The number of carboxylic acid groups (broad SMARTS) is 2. The Hall–Kier alpha value is -3.96. The van der Waals surface area contributed by atoms with E-state index in [1.165, 1.54) is 0 Å². The van der Waals surface area contributed by atoms with E-state index in [1.54, 1.807) is 0 Å². The molecule has 0 spiro atoms. The molecule has 2 aliphatic rings. The molecular weight excluding hydrogens is 380 g/mol. The average molecular weight is 392 g/mol. The summed E-state index contributed by atoms with van der Waals surface area (Å²) < 4.78 is 0. The summed E-state index contributed by atoms with van der Waals surface area (Å²) in [5.74, 6) is -10.4. The minimum atomic E-state index is -1.92. The molecule has 0 radical (unpaired) electrons. The van der Waals surface area contributed by atoms with Gasteiger partial charge in [-0.3, -0.25) is 19.2 Å². The molecule has 0 saturated carbocycles. The van der Waals surface area contributed by atoms with Crippen molar-refractivity contribution in [2.45, 2.75) is 25.7 Å². The molecule has 2 saturated heterocycles. The van der Waals surface area contributed by atoms with E-state index < -0.39 is 69.6 Å². The van der Waals surface area contributed by atoms with Crippen molar-refractivity contribution in [3.8, 4) is 11.5 Å². The lowest BCUT2D eigenvalue weighted by Crippen LogP contribution is -2.37. The number of carbonyl (C=O) groups excluding carboxylic acids is 4. The van der Waals surface area contributed by atoms with Crippen molar-refractivity contribution in [1.82, 2.24) is 0 Å². The summed E-state index contributed by atoms with van der Waals surface area (Å²) in [6.45, 7) is 0. The summed E-state index contributed by atoms with van der Waals surface area (Å²) in [5.41, 5.74) is -4.27. The maximum Gasteiger partial charge on any atom is 0.341 e. The number of rotatable bonds is 4. The second kappa shape index (κ2) is 6.33. The van der Waals surface area contributed by atoms with Crippen LogP contribution in [0, 0.1) is 0 Å². The fourth-order valence-electron chi connectivity index (χ4n) is 3.19. The molecule has 1 aromatic carbocycles. The van der Waals surface area contributed by atoms with Gasteiger partial charge in [-0.15, -0.1) is 0 Å². The number of imide groups is 2. The van der Waals surface area contributed by atoms with E-state index in [2.05, 4.69) is 0 Å². The van der Waals surface area contributed by atoms with Gasteiger partial charge in [0.1, 0.15) is 11.1 Å². The molecule has 0 aromatic heterocycles. The Morgan fingerprint density at radius 3 is 1.07 bits per heavy atom. The average Bonchev–Trinajstić information content (AvgIpc) is 3.10. The lowest BCUT2D eigenvalue weighted by Gasteiger charge is -2.27. The van der Waals surface area contributed by atoms with E-state index in [0.29, 0.717) is 9.80 Å². The second-order valence-corrected chi connectivity index (χ2v) is 6.00. The number of hydrogen-bond acceptors (Lipinski definition) is 8. The van der Waals surface area contributed by atoms with Gasteiger partial charge in [0.25, 0.3) is 0 Å². The monoisotopic (exact) mass is 392 g/mol. The van der Waals surface area contributed by atoms with Crippen LogP contribution in [0.3, 0.4) is 0 Å². The SMILES string of the molecule is O=C(O)c1c(O)c(O)c(C(=O)O)c(N2C(=O)CCC2=O)c1N1C(=O)CCC1=O. The highest BCUT2D eigenvalue weighted by atomic mass is 16.4. The van der Waals surface area contributed by atoms with Gasteiger partial charge in [0.15, 0.2) is 11.5 Å². The molecule has 0 unspecified atom stereocenters. The number of aromatic carboxylic acids is 2. The van der Waals surface area contributed by atoms with E-state index in [0.717, 1.165) is 0 Å². The molecule has 2 aliphatic heterocycles. The van der Waals surface area contributed by atoms with Crippen LogP contribution in [-0.4, -0.2) is 56.0 Å². The van der Waals surface area contributed by atoms with Crippen molar-refractivity contribution >= 4 is 46.9 Å². The van der Waals surface area contributed by atoms with Crippen LogP contribution in [0.5, 0.6) is 11.5 Å². The van der Waals surface area contributed by atoms with Crippen molar-refractivity contribution in [2.75, 3.05) is 9.80 Å². The summed E-state index contributed by atoms with van der Waals surface area (Å²) in [7, 11) is 0. The fraction of sp³-hybridized carbons (Fsp3) is 0.250. The van der Waals surface area contributed by atoms with Gasteiger partial charge in [0, 0.05) is 25.7 Å². The third-order valence-corrected chi connectivity index (χ3v) is 4.37. The van der Waals surface area contributed by atoms with Crippen LogP contribution in [0.15, 0.2) is 0 Å². The summed E-state index contributed by atoms with van der Waals surface area (Å²) >= 11 is 0. The van der Waals surface area contributed by atoms with Gasteiger partial charge in [-0.25, -0.2) is 19.4 Å². The predicted molar refractivity (Wildman–Crippen MR) is 87.1 cm³/mol. The van der Waals surface area contributed by atoms with E-state index in [9.17, 15) is 49.2 Å². The van der Waals surface area contributed by atoms with Crippen LogP contribution in [0.2, 0.25) is 0 Å². The number of carboxylic acids is 2. The van der Waals surface area contributed by atoms with Gasteiger partial charge in [-0.1, -0.05) is 0 Å². The first kappa shape index (κ1) is 18.8. The number of amides is 4. The van der Waals surface area contributed by atoms with Gasteiger partial charge in [0.2, 0.25) is 23.6 Å². The van der Waals surface area contributed by atoms with Gasteiger partial charge in [-0.2, -0.15) is 0 Å². The normalized spacial score (nSPS) is 17.0. The minimum Gasteiger partial charge on any atom is -0.504 e. The largest absolute Gasteiger partial charge is 0.504 e.